The molecule has 2 aliphatic heterocycles. The van der Waals surface area contributed by atoms with Crippen LogP contribution in [0.5, 0.6) is 0 Å². The smallest absolute Gasteiger partial charge is 0.414 e. The van der Waals surface area contributed by atoms with Gasteiger partial charge in [-0.2, -0.15) is 0 Å². The van der Waals surface area contributed by atoms with E-state index in [-0.39, 0.29) is 12.1 Å². The van der Waals surface area contributed by atoms with Crippen LogP contribution in [0.2, 0.25) is 0 Å². The molecule has 33 heavy (non-hydrogen) atoms. The number of nitrogens with zero attached hydrogens (tertiary/aromatic N) is 3. The van der Waals surface area contributed by atoms with Gasteiger partial charge in [-0.1, -0.05) is 6.07 Å². The van der Waals surface area contributed by atoms with E-state index in [4.69, 9.17) is 9.47 Å². The number of amides is 3. The number of benzene rings is 2. The average molecular weight is 450 g/mol. The molecule has 0 unspecified atom stereocenters. The first-order valence-electron chi connectivity index (χ1n) is 11.2. The zero-order valence-corrected chi connectivity index (χ0v) is 18.3. The summed E-state index contributed by atoms with van der Waals surface area (Å²) in [7, 11) is 0. The lowest BCUT2D eigenvalue weighted by molar-refractivity contribution is 0.0365. The van der Waals surface area contributed by atoms with Crippen LogP contribution in [0.25, 0.3) is 10.9 Å². The number of morpholine rings is 1. The van der Waals surface area contributed by atoms with Crippen molar-refractivity contribution in [2.75, 3.05) is 61.5 Å². The van der Waals surface area contributed by atoms with Crippen molar-refractivity contribution in [3.63, 3.8) is 0 Å². The fraction of sp³-hybridized carbons (Fsp3) is 0.333. The molecule has 5 rings (SSSR count). The number of cyclic esters (lactones) is 1. The molecule has 9 nitrogen and oxygen atoms in total. The Kier molecular flexibility index (Phi) is 6.14. The molecule has 172 valence electrons. The SMILES string of the molecule is O=C(Nc1cccc(N2CCOC2=O)c1)Nc1ccc2c(ccn2CCN2CCOCC2)c1. The zero-order valence-electron chi connectivity index (χ0n) is 18.3. The van der Waals surface area contributed by atoms with E-state index in [0.717, 1.165) is 50.3 Å². The van der Waals surface area contributed by atoms with Gasteiger partial charge < -0.3 is 24.7 Å². The van der Waals surface area contributed by atoms with E-state index in [1.54, 1.807) is 23.1 Å². The van der Waals surface area contributed by atoms with Gasteiger partial charge >= 0.3 is 12.1 Å². The van der Waals surface area contributed by atoms with Crippen LogP contribution < -0.4 is 15.5 Å². The van der Waals surface area contributed by atoms with Crippen molar-refractivity contribution in [3.8, 4) is 0 Å². The largest absolute Gasteiger partial charge is 0.447 e. The van der Waals surface area contributed by atoms with Crippen molar-refractivity contribution in [1.29, 1.82) is 0 Å². The predicted octanol–water partition coefficient (Wildman–Crippen LogP) is 3.57. The summed E-state index contributed by atoms with van der Waals surface area (Å²) in [6.45, 7) is 6.34. The van der Waals surface area contributed by atoms with Gasteiger partial charge in [0.1, 0.15) is 6.61 Å². The number of carbonyl (C=O) groups is 2. The number of anilines is 3. The molecule has 3 amide bonds. The number of hydrogen-bond acceptors (Lipinski definition) is 5. The lowest BCUT2D eigenvalue weighted by Crippen LogP contribution is -2.38. The second-order valence-corrected chi connectivity index (χ2v) is 8.13. The maximum Gasteiger partial charge on any atom is 0.414 e. The standard InChI is InChI=1S/C24H27N5O4/c30-23(25-19-2-1-3-21(17-19)29-12-15-33-24(29)31)26-20-4-5-22-18(16-20)6-7-28(22)9-8-27-10-13-32-14-11-27/h1-7,16-17H,8-15H2,(H2,25,26,30). The Morgan fingerprint density at radius 1 is 0.909 bits per heavy atom. The van der Waals surface area contributed by atoms with E-state index in [9.17, 15) is 9.59 Å². The van der Waals surface area contributed by atoms with Crippen LogP contribution in [-0.4, -0.2) is 67.6 Å². The molecule has 9 heteroatoms. The Balaban J connectivity index is 1.20. The van der Waals surface area contributed by atoms with Crippen LogP contribution in [0.15, 0.2) is 54.7 Å². The molecule has 2 aliphatic rings. The summed E-state index contributed by atoms with van der Waals surface area (Å²) in [6.07, 6.45) is 1.71. The molecule has 3 heterocycles. The summed E-state index contributed by atoms with van der Waals surface area (Å²) in [5.74, 6) is 0. The Bertz CT molecular complexity index is 1150. The Morgan fingerprint density at radius 2 is 1.73 bits per heavy atom. The molecule has 0 atom stereocenters. The molecule has 0 bridgehead atoms. The van der Waals surface area contributed by atoms with Gasteiger partial charge in [-0.05, 0) is 42.5 Å². The van der Waals surface area contributed by atoms with Crippen molar-refractivity contribution in [1.82, 2.24) is 9.47 Å². The number of nitrogens with one attached hydrogen (secondary N) is 2. The third-order valence-electron chi connectivity index (χ3n) is 5.97. The maximum absolute atomic E-state index is 12.5. The van der Waals surface area contributed by atoms with Crippen LogP contribution in [-0.2, 0) is 16.0 Å². The molecule has 0 radical (unpaired) electrons. The Morgan fingerprint density at radius 3 is 2.52 bits per heavy atom. The topological polar surface area (TPSA) is 88.1 Å². The molecule has 0 saturated carbocycles. The molecule has 2 aromatic carbocycles. The fourth-order valence-electron chi connectivity index (χ4n) is 4.22. The molecule has 1 aromatic heterocycles. The molecule has 2 saturated heterocycles. The van der Waals surface area contributed by atoms with E-state index < -0.39 is 0 Å². The number of urea groups is 1. The molecule has 0 aliphatic carbocycles. The van der Waals surface area contributed by atoms with Gasteiger partial charge in [-0.25, -0.2) is 9.59 Å². The number of fused-ring (bicyclic) bond motifs is 1. The number of rotatable bonds is 6. The lowest BCUT2D eigenvalue weighted by atomic mass is 10.2. The van der Waals surface area contributed by atoms with Gasteiger partial charge in [-0.3, -0.25) is 9.80 Å². The normalized spacial score (nSPS) is 16.7. The van der Waals surface area contributed by atoms with Gasteiger partial charge in [0.25, 0.3) is 0 Å². The van der Waals surface area contributed by atoms with Gasteiger partial charge in [-0.15, -0.1) is 0 Å². The number of ether oxygens (including phenoxy) is 2. The van der Waals surface area contributed by atoms with E-state index in [2.05, 4.69) is 32.4 Å². The van der Waals surface area contributed by atoms with Crippen LogP contribution in [0.4, 0.5) is 26.7 Å². The summed E-state index contributed by atoms with van der Waals surface area (Å²) in [6, 6.07) is 14.8. The third kappa shape index (κ3) is 4.94. The van der Waals surface area contributed by atoms with E-state index in [1.807, 2.05) is 24.3 Å². The van der Waals surface area contributed by atoms with E-state index in [1.165, 1.54) is 0 Å². The molecule has 2 N–H and O–H groups in total. The average Bonchev–Trinajstić information content (AvgIpc) is 3.44. The first-order chi connectivity index (χ1) is 16.2. The number of carbonyl (C=O) groups excluding carboxylic acids is 2. The summed E-state index contributed by atoms with van der Waals surface area (Å²) >= 11 is 0. The molecule has 0 spiro atoms. The highest BCUT2D eigenvalue weighted by molar-refractivity contribution is 6.01. The second-order valence-electron chi connectivity index (χ2n) is 8.13. The van der Waals surface area contributed by atoms with Crippen LogP contribution in [0.3, 0.4) is 0 Å². The zero-order chi connectivity index (χ0) is 22.6. The highest BCUT2D eigenvalue weighted by atomic mass is 16.6. The number of aromatic nitrogens is 1. The van der Waals surface area contributed by atoms with E-state index in [0.29, 0.717) is 30.2 Å². The Labute approximate surface area is 191 Å². The minimum Gasteiger partial charge on any atom is -0.447 e. The summed E-state index contributed by atoms with van der Waals surface area (Å²) in [5.41, 5.74) is 3.14. The fourth-order valence-corrected chi connectivity index (χ4v) is 4.22. The van der Waals surface area contributed by atoms with Crippen molar-refractivity contribution in [3.05, 3.63) is 54.7 Å². The van der Waals surface area contributed by atoms with Gasteiger partial charge in [0.15, 0.2) is 0 Å². The van der Waals surface area contributed by atoms with Crippen molar-refractivity contribution in [2.24, 2.45) is 0 Å². The van der Waals surface area contributed by atoms with Crippen LogP contribution in [0.1, 0.15) is 0 Å². The van der Waals surface area contributed by atoms with Gasteiger partial charge in [0.05, 0.1) is 19.8 Å². The van der Waals surface area contributed by atoms with Crippen LogP contribution >= 0.6 is 0 Å². The van der Waals surface area contributed by atoms with Crippen molar-refractivity contribution in [2.45, 2.75) is 6.54 Å². The van der Waals surface area contributed by atoms with Crippen molar-refractivity contribution < 1.29 is 19.1 Å². The third-order valence-corrected chi connectivity index (χ3v) is 5.97. The van der Waals surface area contributed by atoms with E-state index >= 15 is 0 Å². The van der Waals surface area contributed by atoms with Crippen LogP contribution in [0, 0.1) is 0 Å². The molecule has 3 aromatic rings. The quantitative estimate of drug-likeness (QED) is 0.601. The number of hydrogen-bond donors (Lipinski definition) is 2. The second kappa shape index (κ2) is 9.51. The van der Waals surface area contributed by atoms with Gasteiger partial charge in [0, 0.05) is 60.3 Å². The molecular formula is C24H27N5O4. The highest BCUT2D eigenvalue weighted by Crippen LogP contribution is 2.24. The highest BCUT2D eigenvalue weighted by Gasteiger charge is 2.23. The first kappa shape index (κ1) is 21.3. The first-order valence-corrected chi connectivity index (χ1v) is 11.2. The summed E-state index contributed by atoms with van der Waals surface area (Å²) in [4.78, 5) is 28.3. The van der Waals surface area contributed by atoms with Gasteiger partial charge in [0.2, 0.25) is 0 Å². The minimum absolute atomic E-state index is 0.345. The lowest BCUT2D eigenvalue weighted by Gasteiger charge is -2.26. The van der Waals surface area contributed by atoms with Crippen molar-refractivity contribution >= 4 is 40.1 Å². The Hall–Kier alpha value is -3.56. The summed E-state index contributed by atoms with van der Waals surface area (Å²) < 4.78 is 12.6. The molecule has 2 fully saturated rings. The predicted molar refractivity (Wildman–Crippen MR) is 127 cm³/mol. The maximum atomic E-state index is 12.5. The monoisotopic (exact) mass is 449 g/mol. The molecular weight excluding hydrogens is 422 g/mol. The minimum atomic E-state index is -0.373. The summed E-state index contributed by atoms with van der Waals surface area (Å²) in [5, 5.41) is 6.79.